The average Bonchev–Trinajstić information content (AvgIpc) is 2.84. The van der Waals surface area contributed by atoms with Gasteiger partial charge in [-0.05, 0) is 18.6 Å². The molecule has 1 aliphatic rings. The van der Waals surface area contributed by atoms with Crippen molar-refractivity contribution in [1.29, 1.82) is 0 Å². The van der Waals surface area contributed by atoms with Gasteiger partial charge in [0.1, 0.15) is 5.76 Å². The third-order valence-electron chi connectivity index (χ3n) is 3.07. The monoisotopic (exact) mass is 239 g/mol. The van der Waals surface area contributed by atoms with Gasteiger partial charge in [0, 0.05) is 13.1 Å². The molecule has 1 fully saturated rings. The molecule has 2 rings (SSSR count). The quantitative estimate of drug-likeness (QED) is 0.863. The van der Waals surface area contributed by atoms with E-state index >= 15 is 0 Å². The van der Waals surface area contributed by atoms with Gasteiger partial charge in [0.25, 0.3) is 0 Å². The van der Waals surface area contributed by atoms with Crippen molar-refractivity contribution in [3.05, 3.63) is 24.2 Å². The van der Waals surface area contributed by atoms with Crippen LogP contribution in [0.3, 0.4) is 0 Å². The van der Waals surface area contributed by atoms with E-state index in [-0.39, 0.29) is 6.04 Å². The van der Waals surface area contributed by atoms with Crippen LogP contribution in [-0.4, -0.2) is 41.8 Å². The number of furan rings is 1. The Morgan fingerprint density at radius 1 is 1.71 bits per heavy atom. The summed E-state index contributed by atoms with van der Waals surface area (Å²) in [5, 5.41) is 8.97. The number of carbonyl (C=O) groups is 1. The van der Waals surface area contributed by atoms with E-state index in [1.54, 1.807) is 6.26 Å². The lowest BCUT2D eigenvalue weighted by molar-refractivity contribution is -0.157. The van der Waals surface area contributed by atoms with Gasteiger partial charge in [-0.2, -0.15) is 0 Å². The van der Waals surface area contributed by atoms with E-state index < -0.39 is 12.1 Å². The highest BCUT2D eigenvalue weighted by molar-refractivity contribution is 5.72. The summed E-state index contributed by atoms with van der Waals surface area (Å²) in [6.45, 7) is 3.67. The van der Waals surface area contributed by atoms with Gasteiger partial charge in [0.05, 0.1) is 18.9 Å². The molecule has 2 unspecified atom stereocenters. The normalized spacial score (nSPS) is 23.5. The fraction of sp³-hybridized carbons (Fsp3) is 0.583. The molecule has 1 aromatic rings. The standard InChI is InChI=1S/C12H17NO4/c1-2-9(10-4-3-6-16-10)13-5-7-17-11(8-13)12(14)15/h3-4,6,9,11H,2,5,7-8H2,1H3,(H,14,15). The Bertz CT molecular complexity index is 363. The molecule has 5 heteroatoms. The number of hydrogen-bond acceptors (Lipinski definition) is 4. The lowest BCUT2D eigenvalue weighted by Gasteiger charge is -2.35. The van der Waals surface area contributed by atoms with Crippen LogP contribution in [0, 0.1) is 0 Å². The molecule has 1 N–H and O–H groups in total. The topological polar surface area (TPSA) is 62.9 Å². The Morgan fingerprint density at radius 2 is 2.53 bits per heavy atom. The first-order chi connectivity index (χ1) is 8.22. The molecule has 0 aromatic carbocycles. The van der Waals surface area contributed by atoms with Crippen molar-refractivity contribution >= 4 is 5.97 Å². The number of hydrogen-bond donors (Lipinski definition) is 1. The third-order valence-corrected chi connectivity index (χ3v) is 3.07. The van der Waals surface area contributed by atoms with E-state index in [1.165, 1.54) is 0 Å². The maximum Gasteiger partial charge on any atom is 0.334 e. The molecule has 5 nitrogen and oxygen atoms in total. The fourth-order valence-corrected chi connectivity index (χ4v) is 2.22. The zero-order valence-electron chi connectivity index (χ0n) is 9.83. The molecule has 17 heavy (non-hydrogen) atoms. The number of aliphatic carboxylic acids is 1. The van der Waals surface area contributed by atoms with E-state index in [1.807, 2.05) is 12.1 Å². The van der Waals surface area contributed by atoms with Gasteiger partial charge in [-0.3, -0.25) is 4.90 Å². The largest absolute Gasteiger partial charge is 0.479 e. The molecular formula is C12H17NO4. The molecule has 2 atom stereocenters. The van der Waals surface area contributed by atoms with Crippen LogP contribution in [0.1, 0.15) is 25.1 Å². The Morgan fingerprint density at radius 3 is 3.12 bits per heavy atom. The van der Waals surface area contributed by atoms with Gasteiger partial charge in [0.15, 0.2) is 6.10 Å². The molecule has 0 aliphatic carbocycles. The highest BCUT2D eigenvalue weighted by atomic mass is 16.5. The van der Waals surface area contributed by atoms with Gasteiger partial charge >= 0.3 is 5.97 Å². The summed E-state index contributed by atoms with van der Waals surface area (Å²) in [7, 11) is 0. The highest BCUT2D eigenvalue weighted by Crippen LogP contribution is 2.26. The third kappa shape index (κ3) is 2.68. The molecular weight excluding hydrogens is 222 g/mol. The van der Waals surface area contributed by atoms with Crippen LogP contribution in [0.4, 0.5) is 0 Å². The first kappa shape index (κ1) is 12.1. The number of morpholine rings is 1. The molecule has 0 bridgehead atoms. The van der Waals surface area contributed by atoms with Gasteiger partial charge in [0.2, 0.25) is 0 Å². The Hall–Kier alpha value is -1.33. The van der Waals surface area contributed by atoms with Crippen molar-refractivity contribution in [3.8, 4) is 0 Å². The maximum absolute atomic E-state index is 10.9. The Balaban J connectivity index is 2.07. The van der Waals surface area contributed by atoms with Gasteiger partial charge < -0.3 is 14.3 Å². The number of carboxylic acids is 1. The molecule has 94 valence electrons. The first-order valence-corrected chi connectivity index (χ1v) is 5.84. The average molecular weight is 239 g/mol. The summed E-state index contributed by atoms with van der Waals surface area (Å²) in [5.74, 6) is -0.0115. The number of rotatable bonds is 4. The van der Waals surface area contributed by atoms with Crippen LogP contribution in [-0.2, 0) is 9.53 Å². The summed E-state index contributed by atoms with van der Waals surface area (Å²) < 4.78 is 10.6. The van der Waals surface area contributed by atoms with Gasteiger partial charge in [-0.25, -0.2) is 4.79 Å². The summed E-state index contributed by atoms with van der Waals surface area (Å²) in [6, 6.07) is 3.92. The summed E-state index contributed by atoms with van der Waals surface area (Å²) >= 11 is 0. The van der Waals surface area contributed by atoms with E-state index in [4.69, 9.17) is 14.3 Å². The highest BCUT2D eigenvalue weighted by Gasteiger charge is 2.31. The van der Waals surface area contributed by atoms with Crippen LogP contribution < -0.4 is 0 Å². The smallest absolute Gasteiger partial charge is 0.334 e. The summed E-state index contributed by atoms with van der Waals surface area (Å²) in [6.07, 6.45) is 1.81. The second-order valence-corrected chi connectivity index (χ2v) is 4.13. The molecule has 1 saturated heterocycles. The first-order valence-electron chi connectivity index (χ1n) is 5.84. The molecule has 1 aliphatic heterocycles. The lowest BCUT2D eigenvalue weighted by atomic mass is 10.1. The van der Waals surface area contributed by atoms with E-state index in [2.05, 4.69) is 11.8 Å². The predicted octanol–water partition coefficient (Wildman–Crippen LogP) is 1.52. The number of ether oxygens (including phenoxy) is 1. The molecule has 2 heterocycles. The fourth-order valence-electron chi connectivity index (χ4n) is 2.22. The lowest BCUT2D eigenvalue weighted by Crippen LogP contribution is -2.47. The van der Waals surface area contributed by atoms with E-state index in [9.17, 15) is 4.79 Å². The van der Waals surface area contributed by atoms with Crippen LogP contribution in [0.15, 0.2) is 22.8 Å². The summed E-state index contributed by atoms with van der Waals surface area (Å²) in [5.41, 5.74) is 0. The minimum atomic E-state index is -0.899. The second-order valence-electron chi connectivity index (χ2n) is 4.13. The Labute approximate surface area is 100.0 Å². The van der Waals surface area contributed by atoms with Crippen molar-refractivity contribution in [2.24, 2.45) is 0 Å². The van der Waals surface area contributed by atoms with Gasteiger partial charge in [-0.1, -0.05) is 6.92 Å². The minimum Gasteiger partial charge on any atom is -0.479 e. The SMILES string of the molecule is CCC(c1ccco1)N1CCOC(C(=O)O)C1. The number of nitrogens with zero attached hydrogens (tertiary/aromatic N) is 1. The maximum atomic E-state index is 10.9. The van der Waals surface area contributed by atoms with Crippen LogP contribution in [0.5, 0.6) is 0 Å². The van der Waals surface area contributed by atoms with E-state index in [0.717, 1.165) is 18.7 Å². The number of carboxylic acid groups (broad SMARTS) is 1. The molecule has 0 radical (unpaired) electrons. The molecule has 0 saturated carbocycles. The molecule has 0 amide bonds. The van der Waals surface area contributed by atoms with Crippen LogP contribution in [0.25, 0.3) is 0 Å². The van der Waals surface area contributed by atoms with Crippen molar-refractivity contribution in [1.82, 2.24) is 4.90 Å². The zero-order valence-corrected chi connectivity index (χ0v) is 9.83. The summed E-state index contributed by atoms with van der Waals surface area (Å²) in [4.78, 5) is 13.0. The van der Waals surface area contributed by atoms with E-state index in [0.29, 0.717) is 13.2 Å². The zero-order chi connectivity index (χ0) is 12.3. The van der Waals surface area contributed by atoms with Crippen molar-refractivity contribution in [2.45, 2.75) is 25.5 Å². The Kier molecular flexibility index (Phi) is 3.81. The minimum absolute atomic E-state index is 0.135. The van der Waals surface area contributed by atoms with Crippen molar-refractivity contribution in [2.75, 3.05) is 19.7 Å². The van der Waals surface area contributed by atoms with Crippen molar-refractivity contribution < 1.29 is 19.1 Å². The van der Waals surface area contributed by atoms with Crippen LogP contribution in [0.2, 0.25) is 0 Å². The van der Waals surface area contributed by atoms with Gasteiger partial charge in [-0.15, -0.1) is 0 Å². The van der Waals surface area contributed by atoms with Crippen molar-refractivity contribution in [3.63, 3.8) is 0 Å². The predicted molar refractivity (Wildman–Crippen MR) is 60.7 cm³/mol. The molecule has 0 spiro atoms. The second kappa shape index (κ2) is 5.33. The van der Waals surface area contributed by atoms with Crippen LogP contribution >= 0.6 is 0 Å². The molecule has 1 aromatic heterocycles.